The molecule has 6 heteroatoms. The van der Waals surface area contributed by atoms with Crippen molar-refractivity contribution in [2.24, 2.45) is 5.92 Å². The van der Waals surface area contributed by atoms with Crippen LogP contribution in [0.25, 0.3) is 0 Å². The van der Waals surface area contributed by atoms with E-state index >= 15 is 0 Å². The highest BCUT2D eigenvalue weighted by molar-refractivity contribution is 7.89. The molecule has 0 heterocycles. The first kappa shape index (κ1) is 31.4. The van der Waals surface area contributed by atoms with Crippen LogP contribution in [-0.2, 0) is 21.0 Å². The molecular formula is C33H49NO3SSi. The number of hydrogen-bond acceptors (Lipinski definition) is 3. The lowest BCUT2D eigenvalue weighted by Gasteiger charge is -2.35. The Morgan fingerprint density at radius 1 is 0.974 bits per heavy atom. The predicted octanol–water partition coefficient (Wildman–Crippen LogP) is 9.01. The molecule has 0 bridgehead atoms. The highest BCUT2D eigenvalue weighted by Gasteiger charge is 2.34. The van der Waals surface area contributed by atoms with Gasteiger partial charge >= 0.3 is 0 Å². The van der Waals surface area contributed by atoms with E-state index in [9.17, 15) is 8.42 Å². The van der Waals surface area contributed by atoms with Crippen molar-refractivity contribution >= 4 is 18.3 Å². The summed E-state index contributed by atoms with van der Waals surface area (Å²) >= 11 is 0. The SMILES string of the molecule is CCCCC1=C(O[Si](CC)(CC)CC)CCC[C@@H]1/C=C/CN(Cc1ccccc1)S(=O)(=O)c1ccc(C)cc1. The van der Waals surface area contributed by atoms with Crippen LogP contribution in [0.3, 0.4) is 0 Å². The Balaban J connectivity index is 1.89. The summed E-state index contributed by atoms with van der Waals surface area (Å²) in [6.07, 6.45) is 11.0. The Bertz CT molecular complexity index is 1180. The van der Waals surface area contributed by atoms with Crippen molar-refractivity contribution < 1.29 is 12.8 Å². The fourth-order valence-corrected chi connectivity index (χ4v) is 9.58. The van der Waals surface area contributed by atoms with E-state index in [0.29, 0.717) is 23.9 Å². The Morgan fingerprint density at radius 3 is 2.26 bits per heavy atom. The molecular weight excluding hydrogens is 519 g/mol. The quantitative estimate of drug-likeness (QED) is 0.159. The number of nitrogens with zero attached hydrogens (tertiary/aromatic N) is 1. The third kappa shape index (κ3) is 8.42. The molecule has 0 unspecified atom stereocenters. The van der Waals surface area contributed by atoms with Gasteiger partial charge in [-0.25, -0.2) is 8.42 Å². The zero-order valence-corrected chi connectivity index (χ0v) is 26.6. The lowest BCUT2D eigenvalue weighted by Crippen LogP contribution is -2.36. The minimum absolute atomic E-state index is 0.318. The molecule has 1 aliphatic carbocycles. The molecule has 2 aromatic rings. The highest BCUT2D eigenvalue weighted by atomic mass is 32.2. The number of sulfonamides is 1. The molecule has 0 aliphatic heterocycles. The molecule has 214 valence electrons. The molecule has 3 rings (SSSR count). The van der Waals surface area contributed by atoms with Crippen LogP contribution in [0.5, 0.6) is 0 Å². The summed E-state index contributed by atoms with van der Waals surface area (Å²) < 4.78 is 36.0. The van der Waals surface area contributed by atoms with Crippen LogP contribution in [-0.4, -0.2) is 27.6 Å². The smallest absolute Gasteiger partial charge is 0.250 e. The van der Waals surface area contributed by atoms with E-state index in [2.05, 4.69) is 39.8 Å². The van der Waals surface area contributed by atoms with Gasteiger partial charge in [-0.1, -0.05) is 94.3 Å². The van der Waals surface area contributed by atoms with Crippen molar-refractivity contribution in [2.45, 2.75) is 103 Å². The molecule has 2 aromatic carbocycles. The van der Waals surface area contributed by atoms with Crippen LogP contribution in [0, 0.1) is 12.8 Å². The second-order valence-electron chi connectivity index (χ2n) is 10.9. The molecule has 0 N–H and O–H groups in total. The number of aryl methyl sites for hydroxylation is 1. The van der Waals surface area contributed by atoms with Crippen molar-refractivity contribution in [2.75, 3.05) is 6.54 Å². The van der Waals surface area contributed by atoms with Gasteiger partial charge in [0.15, 0.2) is 0 Å². The van der Waals surface area contributed by atoms with Crippen LogP contribution in [0.15, 0.2) is 83.0 Å². The van der Waals surface area contributed by atoms with Crippen molar-refractivity contribution in [1.82, 2.24) is 4.31 Å². The monoisotopic (exact) mass is 567 g/mol. The molecule has 0 aromatic heterocycles. The maximum atomic E-state index is 13.7. The minimum Gasteiger partial charge on any atom is -0.547 e. The molecule has 0 saturated carbocycles. The van der Waals surface area contributed by atoms with Crippen LogP contribution >= 0.6 is 0 Å². The van der Waals surface area contributed by atoms with E-state index in [-0.39, 0.29) is 0 Å². The van der Waals surface area contributed by atoms with Gasteiger partial charge in [-0.05, 0) is 74.0 Å². The Morgan fingerprint density at radius 2 is 1.64 bits per heavy atom. The van der Waals surface area contributed by atoms with Crippen molar-refractivity contribution in [3.8, 4) is 0 Å². The third-order valence-corrected chi connectivity index (χ3v) is 14.7. The van der Waals surface area contributed by atoms with Crippen LogP contribution < -0.4 is 0 Å². The van der Waals surface area contributed by atoms with E-state index in [1.54, 1.807) is 16.4 Å². The first-order valence-electron chi connectivity index (χ1n) is 15.0. The molecule has 0 saturated heterocycles. The number of hydrogen-bond donors (Lipinski definition) is 0. The summed E-state index contributed by atoms with van der Waals surface area (Å²) in [5.41, 5.74) is 3.49. The summed E-state index contributed by atoms with van der Waals surface area (Å²) in [6, 6.07) is 20.5. The van der Waals surface area contributed by atoms with Gasteiger partial charge in [0.05, 0.1) is 10.7 Å². The van der Waals surface area contributed by atoms with Gasteiger partial charge in [-0.3, -0.25) is 0 Å². The van der Waals surface area contributed by atoms with Gasteiger partial charge < -0.3 is 4.43 Å². The first-order valence-corrected chi connectivity index (χ1v) is 18.9. The topological polar surface area (TPSA) is 46.6 Å². The van der Waals surface area contributed by atoms with Crippen molar-refractivity contribution in [3.05, 3.63) is 89.2 Å². The second-order valence-corrected chi connectivity index (χ2v) is 17.6. The lowest BCUT2D eigenvalue weighted by atomic mass is 9.83. The third-order valence-electron chi connectivity index (χ3n) is 8.34. The molecule has 1 aliphatic rings. The standard InChI is InChI=1S/C33H49NO3SSi/c1-6-10-20-32-30(18-14-21-33(32)37-39(7-2,8-3)9-4)19-15-26-34(27-29-16-12-11-13-17-29)38(35,36)31-24-22-28(5)23-25-31/h11-13,15-17,19,22-25,30H,6-10,14,18,20-21,26-27H2,1-5H3/b19-15+/t30-/m1/s1. The zero-order chi connectivity index (χ0) is 28.3. The zero-order valence-electron chi connectivity index (χ0n) is 24.8. The molecule has 1 atom stereocenters. The van der Waals surface area contributed by atoms with Gasteiger partial charge in [0.2, 0.25) is 18.3 Å². The Labute approximate surface area is 239 Å². The van der Waals surface area contributed by atoms with E-state index < -0.39 is 18.3 Å². The fraction of sp³-hybridized carbons (Fsp3) is 0.515. The lowest BCUT2D eigenvalue weighted by molar-refractivity contribution is 0.339. The van der Waals surface area contributed by atoms with Crippen molar-refractivity contribution in [3.63, 3.8) is 0 Å². The van der Waals surface area contributed by atoms with Crippen LogP contribution in [0.1, 0.15) is 77.3 Å². The maximum Gasteiger partial charge on any atom is 0.250 e. The molecule has 0 fully saturated rings. The maximum absolute atomic E-state index is 13.7. The van der Waals surface area contributed by atoms with Gasteiger partial charge in [0.25, 0.3) is 0 Å². The second kappa shape index (κ2) is 15.0. The summed E-state index contributed by atoms with van der Waals surface area (Å²) in [7, 11) is -5.38. The van der Waals surface area contributed by atoms with Gasteiger partial charge in [-0.2, -0.15) is 4.31 Å². The summed E-state index contributed by atoms with van der Waals surface area (Å²) in [5, 5.41) is 0. The number of allylic oxidation sites excluding steroid dienone is 3. The first-order chi connectivity index (χ1) is 18.8. The van der Waals surface area contributed by atoms with E-state index in [4.69, 9.17) is 4.43 Å². The Hall–Kier alpha value is -2.15. The normalized spacial score (nSPS) is 16.8. The van der Waals surface area contributed by atoms with Gasteiger partial charge in [0, 0.05) is 25.4 Å². The van der Waals surface area contributed by atoms with E-state index in [1.807, 2.05) is 49.4 Å². The van der Waals surface area contributed by atoms with Crippen LogP contribution in [0.2, 0.25) is 18.1 Å². The summed E-state index contributed by atoms with van der Waals surface area (Å²) in [4.78, 5) is 0.342. The fourth-order valence-electron chi connectivity index (χ4n) is 5.51. The van der Waals surface area contributed by atoms with Crippen molar-refractivity contribution in [1.29, 1.82) is 0 Å². The highest BCUT2D eigenvalue weighted by Crippen LogP contribution is 2.38. The molecule has 39 heavy (non-hydrogen) atoms. The minimum atomic E-state index is -3.64. The average Bonchev–Trinajstić information content (AvgIpc) is 2.95. The molecule has 0 radical (unpaired) electrons. The largest absolute Gasteiger partial charge is 0.547 e. The van der Waals surface area contributed by atoms with Crippen LogP contribution in [0.4, 0.5) is 0 Å². The predicted molar refractivity (Wildman–Crippen MR) is 167 cm³/mol. The van der Waals surface area contributed by atoms with E-state index in [0.717, 1.165) is 67.8 Å². The summed E-state index contributed by atoms with van der Waals surface area (Å²) in [6.45, 7) is 11.8. The average molecular weight is 568 g/mol. The summed E-state index contributed by atoms with van der Waals surface area (Å²) in [5.74, 6) is 1.58. The van der Waals surface area contributed by atoms with E-state index in [1.165, 1.54) is 11.3 Å². The number of unbranched alkanes of at least 4 members (excludes halogenated alkanes) is 1. The number of benzene rings is 2. The number of rotatable bonds is 15. The Kier molecular flexibility index (Phi) is 12.1. The van der Waals surface area contributed by atoms with Gasteiger partial charge in [0.1, 0.15) is 0 Å². The molecule has 4 nitrogen and oxygen atoms in total. The molecule has 0 spiro atoms. The van der Waals surface area contributed by atoms with Gasteiger partial charge in [-0.15, -0.1) is 0 Å². The molecule has 0 amide bonds.